The number of fused-ring (bicyclic) bond motifs is 1. The molecule has 0 bridgehead atoms. The second-order valence-corrected chi connectivity index (χ2v) is 7.65. The molecule has 3 aromatic rings. The Morgan fingerprint density at radius 1 is 1.00 bits per heavy atom. The number of nitrogens with zero attached hydrogens (tertiary/aromatic N) is 1. The molecule has 0 spiro atoms. The second kappa shape index (κ2) is 6.42. The Labute approximate surface area is 141 Å². The second-order valence-electron chi connectivity index (χ2n) is 6.58. The van der Waals surface area contributed by atoms with Crippen LogP contribution in [0.25, 0.3) is 10.2 Å². The minimum atomic E-state index is 0.590. The maximum Gasteiger partial charge on any atom is 0.110 e. The number of piperidine rings is 1. The highest BCUT2D eigenvalue weighted by molar-refractivity contribution is 7.18. The molecule has 1 aliphatic heterocycles. The van der Waals surface area contributed by atoms with E-state index in [1.807, 2.05) is 11.3 Å². The molecule has 2 nitrogen and oxygen atoms in total. The maximum atomic E-state index is 4.87. The summed E-state index contributed by atoms with van der Waals surface area (Å²) in [6.07, 6.45) is 2.51. The van der Waals surface area contributed by atoms with Gasteiger partial charge >= 0.3 is 0 Å². The number of nitrogens with one attached hydrogen (secondary N) is 1. The van der Waals surface area contributed by atoms with Gasteiger partial charge in [-0.2, -0.15) is 0 Å². The number of rotatable bonds is 3. The molecule has 2 heterocycles. The van der Waals surface area contributed by atoms with Gasteiger partial charge in [-0.1, -0.05) is 42.5 Å². The number of likely N-dealkylation sites (tertiary alicyclic amines) is 1. The van der Waals surface area contributed by atoms with Gasteiger partial charge in [-0.3, -0.25) is 0 Å². The Bertz CT molecular complexity index is 739. The van der Waals surface area contributed by atoms with E-state index in [0.717, 1.165) is 0 Å². The average molecular weight is 323 g/mol. The first-order valence-electron chi connectivity index (χ1n) is 8.56. The molecule has 1 N–H and O–H groups in total. The van der Waals surface area contributed by atoms with Crippen LogP contribution in [0, 0.1) is 0 Å². The molecule has 118 valence electrons. The van der Waals surface area contributed by atoms with Crippen molar-refractivity contribution in [3.63, 3.8) is 0 Å². The van der Waals surface area contributed by atoms with Crippen molar-refractivity contribution in [3.8, 4) is 0 Å². The van der Waals surface area contributed by atoms with Crippen LogP contribution in [0.15, 0.2) is 54.6 Å². The van der Waals surface area contributed by atoms with E-state index in [0.29, 0.717) is 12.0 Å². The lowest BCUT2D eigenvalue weighted by Gasteiger charge is -2.32. The fourth-order valence-corrected chi connectivity index (χ4v) is 4.85. The largest absolute Gasteiger partial charge is 0.329 e. The third kappa shape index (κ3) is 3.04. The molecule has 1 fully saturated rings. The Balaban J connectivity index is 1.44. The van der Waals surface area contributed by atoms with E-state index in [1.54, 1.807) is 4.90 Å². The van der Waals surface area contributed by atoms with Gasteiger partial charge < -0.3 is 4.90 Å². The van der Waals surface area contributed by atoms with Crippen molar-refractivity contribution in [2.45, 2.75) is 31.7 Å². The predicted octanol–water partition coefficient (Wildman–Crippen LogP) is 3.82. The first kappa shape index (κ1) is 14.9. The summed E-state index contributed by atoms with van der Waals surface area (Å²) < 4.78 is 1.33. The number of thiazole rings is 1. The number of para-hydroxylation sites is 1. The van der Waals surface area contributed by atoms with Crippen molar-refractivity contribution in [1.29, 1.82) is 0 Å². The summed E-state index contributed by atoms with van der Waals surface area (Å²) in [4.78, 5) is 6.59. The molecular formula is C20H23N2S+. The van der Waals surface area contributed by atoms with Crippen LogP contribution in [0.5, 0.6) is 0 Å². The van der Waals surface area contributed by atoms with Crippen LogP contribution >= 0.6 is 11.3 Å². The molecule has 0 aliphatic carbocycles. The lowest BCUT2D eigenvalue weighted by Crippen LogP contribution is -3.12. The van der Waals surface area contributed by atoms with E-state index in [9.17, 15) is 0 Å². The minimum Gasteiger partial charge on any atom is -0.329 e. The van der Waals surface area contributed by atoms with Gasteiger partial charge in [0.05, 0.1) is 28.3 Å². The van der Waals surface area contributed by atoms with Crippen LogP contribution < -0.4 is 4.90 Å². The molecule has 0 unspecified atom stereocenters. The Morgan fingerprint density at radius 3 is 2.43 bits per heavy atom. The smallest absolute Gasteiger partial charge is 0.110 e. The fourth-order valence-electron chi connectivity index (χ4n) is 3.71. The molecule has 23 heavy (non-hydrogen) atoms. The van der Waals surface area contributed by atoms with Crippen LogP contribution in [-0.4, -0.2) is 18.1 Å². The summed E-state index contributed by atoms with van der Waals surface area (Å²) in [6.45, 7) is 4.86. The average Bonchev–Trinajstić information content (AvgIpc) is 3.06. The Kier molecular flexibility index (Phi) is 4.15. The van der Waals surface area contributed by atoms with Crippen LogP contribution in [0.2, 0.25) is 0 Å². The fraction of sp³-hybridized carbons (Fsp3) is 0.350. The third-order valence-corrected chi connectivity index (χ3v) is 6.40. The standard InChI is InChI=1S/C20H22N2S/c1-15(16-7-3-2-4-8-16)22-13-11-17(12-14-22)20-21-18-9-5-6-10-19(18)23-20/h2-10,15,17H,11-14H2,1H3/p+1/t15-/m0/s1. The van der Waals surface area contributed by atoms with Crippen molar-refractivity contribution in [2.75, 3.05) is 13.1 Å². The third-order valence-electron chi connectivity index (χ3n) is 5.20. The van der Waals surface area contributed by atoms with E-state index >= 15 is 0 Å². The van der Waals surface area contributed by atoms with E-state index in [4.69, 9.17) is 4.98 Å². The molecule has 1 aliphatic rings. The van der Waals surface area contributed by atoms with Crippen LogP contribution in [0.3, 0.4) is 0 Å². The highest BCUT2D eigenvalue weighted by Crippen LogP contribution is 2.31. The first-order chi connectivity index (χ1) is 11.3. The van der Waals surface area contributed by atoms with Gasteiger partial charge in [0.2, 0.25) is 0 Å². The molecule has 0 radical (unpaired) electrons. The molecular weight excluding hydrogens is 300 g/mol. The van der Waals surface area contributed by atoms with Crippen molar-refractivity contribution in [3.05, 3.63) is 65.2 Å². The summed E-state index contributed by atoms with van der Waals surface area (Å²) in [6, 6.07) is 20.0. The lowest BCUT2D eigenvalue weighted by molar-refractivity contribution is -0.934. The van der Waals surface area contributed by atoms with Gasteiger partial charge in [0.15, 0.2) is 0 Å². The topological polar surface area (TPSA) is 17.3 Å². The summed E-state index contributed by atoms with van der Waals surface area (Å²) in [5.41, 5.74) is 2.63. The molecule has 1 aromatic heterocycles. The molecule has 2 aromatic carbocycles. The summed E-state index contributed by atoms with van der Waals surface area (Å²) in [7, 11) is 0. The highest BCUT2D eigenvalue weighted by Gasteiger charge is 2.29. The van der Waals surface area contributed by atoms with E-state index in [1.165, 1.54) is 46.7 Å². The van der Waals surface area contributed by atoms with Gasteiger partial charge in [-0.05, 0) is 19.1 Å². The number of hydrogen-bond acceptors (Lipinski definition) is 2. The first-order valence-corrected chi connectivity index (χ1v) is 9.38. The van der Waals surface area contributed by atoms with E-state index in [-0.39, 0.29) is 0 Å². The zero-order chi connectivity index (χ0) is 15.6. The lowest BCUT2D eigenvalue weighted by atomic mass is 9.95. The predicted molar refractivity (Wildman–Crippen MR) is 97.1 cm³/mol. The quantitative estimate of drug-likeness (QED) is 0.775. The minimum absolute atomic E-state index is 0.590. The molecule has 1 atom stereocenters. The summed E-state index contributed by atoms with van der Waals surface area (Å²) >= 11 is 1.89. The normalized spacial score (nSPS) is 23.0. The molecule has 4 rings (SSSR count). The van der Waals surface area contributed by atoms with Crippen LogP contribution in [-0.2, 0) is 0 Å². The van der Waals surface area contributed by atoms with Gasteiger partial charge in [0, 0.05) is 24.3 Å². The molecule has 0 amide bonds. The summed E-state index contributed by atoms with van der Waals surface area (Å²) in [5, 5.41) is 1.35. The van der Waals surface area contributed by atoms with E-state index in [2.05, 4.69) is 61.5 Å². The van der Waals surface area contributed by atoms with Crippen LogP contribution in [0.4, 0.5) is 0 Å². The summed E-state index contributed by atoms with van der Waals surface area (Å²) in [5.74, 6) is 0.652. The number of benzene rings is 2. The van der Waals surface area contributed by atoms with E-state index < -0.39 is 0 Å². The van der Waals surface area contributed by atoms with Crippen molar-refractivity contribution in [2.24, 2.45) is 0 Å². The van der Waals surface area contributed by atoms with Crippen LogP contribution in [0.1, 0.15) is 42.3 Å². The van der Waals surface area contributed by atoms with Gasteiger partial charge in [0.1, 0.15) is 6.04 Å². The van der Waals surface area contributed by atoms with Crippen molar-refractivity contribution < 1.29 is 4.90 Å². The van der Waals surface area contributed by atoms with Gasteiger partial charge in [0.25, 0.3) is 0 Å². The SMILES string of the molecule is C[C@@H](c1ccccc1)[NH+]1CCC(c2nc3ccccc3s2)CC1. The zero-order valence-electron chi connectivity index (χ0n) is 13.5. The van der Waals surface area contributed by atoms with Crippen molar-refractivity contribution >= 4 is 21.6 Å². The monoisotopic (exact) mass is 323 g/mol. The maximum absolute atomic E-state index is 4.87. The van der Waals surface area contributed by atoms with Crippen molar-refractivity contribution in [1.82, 2.24) is 4.98 Å². The number of quaternary nitrogens is 1. The zero-order valence-corrected chi connectivity index (χ0v) is 14.4. The molecule has 3 heteroatoms. The van der Waals surface area contributed by atoms with Gasteiger partial charge in [-0.25, -0.2) is 4.98 Å². The molecule has 0 saturated carbocycles. The number of hydrogen-bond donors (Lipinski definition) is 1. The Hall–Kier alpha value is -1.71. The highest BCUT2D eigenvalue weighted by atomic mass is 32.1. The van der Waals surface area contributed by atoms with Gasteiger partial charge in [-0.15, -0.1) is 11.3 Å². The number of aromatic nitrogens is 1. The molecule has 1 saturated heterocycles. The Morgan fingerprint density at radius 2 is 1.70 bits per heavy atom.